The maximum Gasteiger partial charge on any atom is 0.319 e. The molecule has 1 fully saturated rings. The third-order valence-corrected chi connectivity index (χ3v) is 3.39. The number of hydrogen-bond donors (Lipinski definition) is 1. The summed E-state index contributed by atoms with van der Waals surface area (Å²) in [5.74, 6) is -1.66. The number of Topliss-reactive ketones (excluding diaryl/α,β-unsaturated/α-hetero) is 1. The standard InChI is InChI=1S/C13H13NO6/c15-11-4-5-20-8-13(11,12(16)17)7-9-2-1-3-10(6-9)14(18)19/h1-3,6H,4-5,7-8H2,(H,16,17). The molecule has 7 heteroatoms. The summed E-state index contributed by atoms with van der Waals surface area (Å²) in [4.78, 5) is 33.6. The van der Waals surface area contributed by atoms with E-state index < -0.39 is 22.1 Å². The van der Waals surface area contributed by atoms with Crippen LogP contribution in [-0.4, -0.2) is 35.0 Å². The summed E-state index contributed by atoms with van der Waals surface area (Å²) in [6, 6.07) is 5.64. The third-order valence-electron chi connectivity index (χ3n) is 3.39. The van der Waals surface area contributed by atoms with Crippen LogP contribution in [0.2, 0.25) is 0 Å². The molecule has 7 nitrogen and oxygen atoms in total. The number of benzene rings is 1. The highest BCUT2D eigenvalue weighted by Crippen LogP contribution is 2.31. The van der Waals surface area contributed by atoms with Gasteiger partial charge in [0.15, 0.2) is 11.2 Å². The zero-order chi connectivity index (χ0) is 14.8. The number of aliphatic carboxylic acids is 1. The maximum atomic E-state index is 12.0. The Morgan fingerprint density at radius 2 is 2.25 bits per heavy atom. The van der Waals surface area contributed by atoms with Crippen LogP contribution in [0.4, 0.5) is 5.69 Å². The molecular formula is C13H13NO6. The Bertz CT molecular complexity index is 570. The highest BCUT2D eigenvalue weighted by molar-refractivity contribution is 6.04. The number of rotatable bonds is 4. The van der Waals surface area contributed by atoms with E-state index >= 15 is 0 Å². The van der Waals surface area contributed by atoms with Gasteiger partial charge in [0.2, 0.25) is 0 Å². The minimum Gasteiger partial charge on any atom is -0.480 e. The predicted octanol–water partition coefficient (Wildman–Crippen LogP) is 1.20. The summed E-state index contributed by atoms with van der Waals surface area (Å²) >= 11 is 0. The summed E-state index contributed by atoms with van der Waals surface area (Å²) in [5, 5.41) is 20.1. The van der Waals surface area contributed by atoms with E-state index in [9.17, 15) is 24.8 Å². The average Bonchev–Trinajstić information content (AvgIpc) is 2.41. The largest absolute Gasteiger partial charge is 0.480 e. The molecule has 1 atom stereocenters. The summed E-state index contributed by atoms with van der Waals surface area (Å²) in [6.45, 7) is 0.00661. The molecule has 1 N–H and O–H groups in total. The molecule has 0 saturated carbocycles. The first kappa shape index (κ1) is 14.1. The number of nitro benzene ring substituents is 1. The van der Waals surface area contributed by atoms with Gasteiger partial charge in [-0.25, -0.2) is 0 Å². The van der Waals surface area contributed by atoms with Crippen LogP contribution in [0.25, 0.3) is 0 Å². The number of carbonyl (C=O) groups is 2. The number of carboxylic acids is 1. The molecule has 0 radical (unpaired) electrons. The van der Waals surface area contributed by atoms with Crippen LogP contribution < -0.4 is 0 Å². The molecule has 20 heavy (non-hydrogen) atoms. The summed E-state index contributed by atoms with van der Waals surface area (Å²) < 4.78 is 5.13. The fraction of sp³-hybridized carbons (Fsp3) is 0.385. The molecule has 0 aromatic heterocycles. The van der Waals surface area contributed by atoms with Gasteiger partial charge >= 0.3 is 5.97 Å². The van der Waals surface area contributed by atoms with Crippen LogP contribution in [-0.2, 0) is 20.7 Å². The normalized spacial score (nSPS) is 22.5. The first-order valence-electron chi connectivity index (χ1n) is 6.03. The van der Waals surface area contributed by atoms with Gasteiger partial charge in [0, 0.05) is 18.6 Å². The van der Waals surface area contributed by atoms with Crippen molar-refractivity contribution in [3.8, 4) is 0 Å². The fourth-order valence-corrected chi connectivity index (χ4v) is 2.27. The van der Waals surface area contributed by atoms with Gasteiger partial charge in [-0.15, -0.1) is 0 Å². The molecule has 1 saturated heterocycles. The van der Waals surface area contributed by atoms with Crippen LogP contribution in [0.3, 0.4) is 0 Å². The van der Waals surface area contributed by atoms with Crippen LogP contribution in [0.15, 0.2) is 24.3 Å². The van der Waals surface area contributed by atoms with Gasteiger partial charge in [0.25, 0.3) is 5.69 Å². The van der Waals surface area contributed by atoms with Crippen molar-refractivity contribution in [2.45, 2.75) is 12.8 Å². The Morgan fingerprint density at radius 1 is 1.50 bits per heavy atom. The molecule has 0 bridgehead atoms. The summed E-state index contributed by atoms with van der Waals surface area (Å²) in [5.41, 5.74) is -1.35. The summed E-state index contributed by atoms with van der Waals surface area (Å²) in [7, 11) is 0. The lowest BCUT2D eigenvalue weighted by Gasteiger charge is -2.31. The molecule has 1 aromatic rings. The SMILES string of the molecule is O=C(O)C1(Cc2cccc([N+](=O)[O-])c2)COCCC1=O. The number of carboxylic acid groups (broad SMARTS) is 1. The molecule has 1 aliphatic rings. The Labute approximate surface area is 114 Å². The topological polar surface area (TPSA) is 107 Å². The lowest BCUT2D eigenvalue weighted by molar-refractivity contribution is -0.384. The van der Waals surface area contributed by atoms with E-state index in [0.717, 1.165) is 0 Å². The van der Waals surface area contributed by atoms with Gasteiger partial charge in [-0.1, -0.05) is 12.1 Å². The number of ketones is 1. The van der Waals surface area contributed by atoms with Crippen molar-refractivity contribution < 1.29 is 24.4 Å². The van der Waals surface area contributed by atoms with E-state index in [-0.39, 0.29) is 31.7 Å². The quantitative estimate of drug-likeness (QED) is 0.504. The molecule has 1 aromatic carbocycles. The molecular weight excluding hydrogens is 266 g/mol. The second kappa shape index (κ2) is 5.38. The number of non-ortho nitro benzene ring substituents is 1. The van der Waals surface area contributed by atoms with Crippen molar-refractivity contribution in [2.75, 3.05) is 13.2 Å². The van der Waals surface area contributed by atoms with Crippen molar-refractivity contribution in [2.24, 2.45) is 5.41 Å². The van der Waals surface area contributed by atoms with Crippen molar-refractivity contribution in [3.63, 3.8) is 0 Å². The molecule has 0 aliphatic carbocycles. The number of hydrogen-bond acceptors (Lipinski definition) is 5. The number of carbonyl (C=O) groups excluding carboxylic acids is 1. The number of ether oxygens (including phenoxy) is 1. The van der Waals surface area contributed by atoms with Gasteiger partial charge in [-0.05, 0) is 12.0 Å². The fourth-order valence-electron chi connectivity index (χ4n) is 2.27. The monoisotopic (exact) mass is 279 g/mol. The van der Waals surface area contributed by atoms with E-state index in [1.807, 2.05) is 0 Å². The van der Waals surface area contributed by atoms with Crippen molar-refractivity contribution in [1.82, 2.24) is 0 Å². The Balaban J connectivity index is 2.33. The van der Waals surface area contributed by atoms with Crippen molar-refractivity contribution in [3.05, 3.63) is 39.9 Å². The van der Waals surface area contributed by atoms with Crippen LogP contribution in [0.1, 0.15) is 12.0 Å². The van der Waals surface area contributed by atoms with E-state index in [0.29, 0.717) is 5.56 Å². The van der Waals surface area contributed by atoms with Gasteiger partial charge in [0.05, 0.1) is 18.1 Å². The zero-order valence-electron chi connectivity index (χ0n) is 10.6. The highest BCUT2D eigenvalue weighted by Gasteiger charge is 2.48. The van der Waals surface area contributed by atoms with Gasteiger partial charge in [-0.3, -0.25) is 19.7 Å². The minimum absolute atomic E-state index is 0.0429. The molecule has 0 amide bonds. The van der Waals surface area contributed by atoms with Gasteiger partial charge < -0.3 is 9.84 Å². The van der Waals surface area contributed by atoms with Crippen molar-refractivity contribution in [1.29, 1.82) is 0 Å². The van der Waals surface area contributed by atoms with Crippen molar-refractivity contribution >= 4 is 17.4 Å². The van der Waals surface area contributed by atoms with Gasteiger partial charge in [0.1, 0.15) is 0 Å². The molecule has 1 heterocycles. The third kappa shape index (κ3) is 2.53. The van der Waals surface area contributed by atoms with E-state index in [2.05, 4.69) is 0 Å². The lowest BCUT2D eigenvalue weighted by Crippen LogP contribution is -2.48. The minimum atomic E-state index is -1.65. The Kier molecular flexibility index (Phi) is 3.80. The Morgan fingerprint density at radius 3 is 2.85 bits per heavy atom. The summed E-state index contributed by atoms with van der Waals surface area (Å²) in [6.07, 6.45) is -0.0654. The molecule has 2 rings (SSSR count). The molecule has 1 unspecified atom stereocenters. The van der Waals surface area contributed by atoms with Crippen LogP contribution in [0, 0.1) is 15.5 Å². The first-order valence-corrected chi connectivity index (χ1v) is 6.03. The number of nitrogens with zero attached hydrogens (tertiary/aromatic N) is 1. The van der Waals surface area contributed by atoms with Crippen LogP contribution in [0.5, 0.6) is 0 Å². The average molecular weight is 279 g/mol. The smallest absolute Gasteiger partial charge is 0.319 e. The molecule has 0 spiro atoms. The lowest BCUT2D eigenvalue weighted by atomic mass is 9.76. The predicted molar refractivity (Wildman–Crippen MR) is 67.3 cm³/mol. The molecule has 106 valence electrons. The van der Waals surface area contributed by atoms with E-state index in [1.54, 1.807) is 6.07 Å². The highest BCUT2D eigenvalue weighted by atomic mass is 16.6. The second-order valence-electron chi connectivity index (χ2n) is 4.72. The second-order valence-corrected chi connectivity index (χ2v) is 4.72. The van der Waals surface area contributed by atoms with E-state index in [4.69, 9.17) is 4.74 Å². The molecule has 1 aliphatic heterocycles. The number of nitro groups is 1. The Hall–Kier alpha value is -2.28. The van der Waals surface area contributed by atoms with Crippen LogP contribution >= 0.6 is 0 Å². The maximum absolute atomic E-state index is 12.0. The zero-order valence-corrected chi connectivity index (χ0v) is 10.6. The van der Waals surface area contributed by atoms with Gasteiger partial charge in [-0.2, -0.15) is 0 Å². The van der Waals surface area contributed by atoms with E-state index in [1.165, 1.54) is 18.2 Å². The first-order chi connectivity index (χ1) is 9.45.